The van der Waals surface area contributed by atoms with E-state index >= 15 is 0 Å². The minimum atomic E-state index is 0.00704. The summed E-state index contributed by atoms with van der Waals surface area (Å²) in [4.78, 5) is 30.0. The van der Waals surface area contributed by atoms with E-state index in [-0.39, 0.29) is 11.8 Å². The first-order valence-electron chi connectivity index (χ1n) is 15.4. The van der Waals surface area contributed by atoms with E-state index < -0.39 is 0 Å². The van der Waals surface area contributed by atoms with E-state index in [9.17, 15) is 9.59 Å². The van der Waals surface area contributed by atoms with Gasteiger partial charge in [0.25, 0.3) is 11.8 Å². The van der Waals surface area contributed by atoms with E-state index in [2.05, 4.69) is 30.6 Å². The molecule has 4 aromatic heterocycles. The third-order valence-electron chi connectivity index (χ3n) is 9.76. The van der Waals surface area contributed by atoms with Crippen LogP contribution in [0.3, 0.4) is 0 Å². The van der Waals surface area contributed by atoms with Crippen molar-refractivity contribution < 1.29 is 9.59 Å². The fourth-order valence-electron chi connectivity index (χ4n) is 7.27. The molecular weight excluding hydrogens is 528 g/mol. The van der Waals surface area contributed by atoms with Crippen molar-refractivity contribution in [3.63, 3.8) is 0 Å². The molecule has 0 saturated carbocycles. The maximum absolute atomic E-state index is 12.6. The number of hydrogen-bond acceptors (Lipinski definition) is 6. The molecule has 6 aliphatic heterocycles. The summed E-state index contributed by atoms with van der Waals surface area (Å²) >= 11 is 0. The fourth-order valence-corrected chi connectivity index (χ4v) is 7.27. The highest BCUT2D eigenvalue weighted by molar-refractivity contribution is 6.01. The Morgan fingerprint density at radius 3 is 1.43 bits per heavy atom. The third-order valence-corrected chi connectivity index (χ3v) is 9.76. The molecule has 42 heavy (non-hydrogen) atoms. The predicted molar refractivity (Wildman–Crippen MR) is 161 cm³/mol. The van der Waals surface area contributed by atoms with Gasteiger partial charge in [-0.2, -0.15) is 10.2 Å². The van der Waals surface area contributed by atoms with Crippen molar-refractivity contribution in [1.29, 1.82) is 0 Å². The predicted octanol–water partition coefficient (Wildman–Crippen LogP) is 2.93. The molecule has 2 unspecified atom stereocenters. The Morgan fingerprint density at radius 2 is 1.07 bits per heavy atom. The number of pyridine rings is 2. The smallest absolute Gasteiger partial charge is 0.255 e. The summed E-state index contributed by atoms with van der Waals surface area (Å²) < 4.78 is 3.56. The standard InChI is InChI=1S/2C16H20N4O/c2*1-11-2-3-15-13(8-17-20(15)9-11)16(21)18-14-10-19-6-4-12(14)5-7-19/h2*2-3,8-9,12,14H,4-7,10H2,1H3,(H,18,21). The molecule has 2 amide bonds. The number of piperidine rings is 6. The van der Waals surface area contributed by atoms with Crippen LogP contribution in [0.25, 0.3) is 11.0 Å². The van der Waals surface area contributed by atoms with Crippen LogP contribution in [0.4, 0.5) is 0 Å². The van der Waals surface area contributed by atoms with Crippen LogP contribution in [0.1, 0.15) is 57.5 Å². The molecule has 0 aliphatic carbocycles. The summed E-state index contributed by atoms with van der Waals surface area (Å²) in [6.45, 7) is 10.8. The fraction of sp³-hybridized carbons (Fsp3) is 0.500. The molecule has 10 heteroatoms. The Kier molecular flexibility index (Phi) is 7.19. The number of rotatable bonds is 4. The molecule has 4 aromatic rings. The zero-order chi connectivity index (χ0) is 28.8. The van der Waals surface area contributed by atoms with Gasteiger partial charge in [-0.1, -0.05) is 12.1 Å². The topological polar surface area (TPSA) is 99.3 Å². The molecule has 10 heterocycles. The lowest BCUT2D eigenvalue weighted by molar-refractivity contribution is 0.0618. The summed E-state index contributed by atoms with van der Waals surface area (Å²) in [7, 11) is 0. The highest BCUT2D eigenvalue weighted by atomic mass is 16.2. The monoisotopic (exact) mass is 568 g/mol. The number of aromatic nitrogens is 4. The number of amides is 2. The summed E-state index contributed by atoms with van der Waals surface area (Å²) in [5.74, 6) is 1.30. The average Bonchev–Trinajstić information content (AvgIpc) is 3.62. The van der Waals surface area contributed by atoms with Gasteiger partial charge in [0.15, 0.2) is 0 Å². The van der Waals surface area contributed by atoms with Crippen molar-refractivity contribution in [2.24, 2.45) is 11.8 Å². The molecule has 6 aliphatic rings. The molecule has 0 aromatic carbocycles. The second-order valence-electron chi connectivity index (χ2n) is 12.6. The summed E-state index contributed by atoms with van der Waals surface area (Å²) in [5.41, 5.74) is 5.36. The summed E-state index contributed by atoms with van der Waals surface area (Å²) in [6, 6.07) is 8.55. The van der Waals surface area contributed by atoms with E-state index in [0.717, 1.165) is 35.2 Å². The second kappa shape index (κ2) is 11.1. The van der Waals surface area contributed by atoms with E-state index in [1.807, 2.05) is 50.5 Å². The highest BCUT2D eigenvalue weighted by Crippen LogP contribution is 2.29. The Balaban J connectivity index is 0.000000137. The summed E-state index contributed by atoms with van der Waals surface area (Å²) in [5, 5.41) is 15.0. The quantitative estimate of drug-likeness (QED) is 0.393. The van der Waals surface area contributed by atoms with Gasteiger partial charge in [-0.05, 0) is 101 Å². The van der Waals surface area contributed by atoms with Crippen LogP contribution in [0.5, 0.6) is 0 Å². The van der Waals surface area contributed by atoms with E-state index in [0.29, 0.717) is 35.0 Å². The Bertz CT molecular complexity index is 1490. The molecule has 10 nitrogen and oxygen atoms in total. The molecule has 6 saturated heterocycles. The van der Waals surface area contributed by atoms with Gasteiger partial charge in [0.05, 0.1) is 34.6 Å². The van der Waals surface area contributed by atoms with Gasteiger partial charge in [-0.15, -0.1) is 0 Å². The van der Waals surface area contributed by atoms with Crippen molar-refractivity contribution in [3.8, 4) is 0 Å². The first-order chi connectivity index (χ1) is 20.4. The van der Waals surface area contributed by atoms with Crippen molar-refractivity contribution in [1.82, 2.24) is 39.7 Å². The lowest BCUT2D eigenvalue weighted by atomic mass is 9.84. The van der Waals surface area contributed by atoms with Gasteiger partial charge in [-0.25, -0.2) is 9.03 Å². The van der Waals surface area contributed by atoms with Crippen molar-refractivity contribution in [2.75, 3.05) is 39.3 Å². The number of carbonyl (C=O) groups is 2. The van der Waals surface area contributed by atoms with Crippen molar-refractivity contribution in [2.45, 2.75) is 51.6 Å². The number of nitrogens with zero attached hydrogens (tertiary/aromatic N) is 6. The first kappa shape index (κ1) is 27.1. The number of carbonyl (C=O) groups excluding carboxylic acids is 2. The molecular formula is C32H40N8O2. The van der Waals surface area contributed by atoms with E-state index in [1.54, 1.807) is 21.4 Å². The minimum absolute atomic E-state index is 0.00704. The average molecular weight is 569 g/mol. The largest absolute Gasteiger partial charge is 0.348 e. The number of aryl methyl sites for hydroxylation is 2. The Morgan fingerprint density at radius 1 is 0.667 bits per heavy atom. The van der Waals surface area contributed by atoms with E-state index in [1.165, 1.54) is 51.9 Å². The normalized spacial score (nSPS) is 28.0. The van der Waals surface area contributed by atoms with Crippen LogP contribution in [0.15, 0.2) is 49.1 Å². The Hall–Kier alpha value is -3.76. The van der Waals surface area contributed by atoms with Crippen molar-refractivity contribution in [3.05, 3.63) is 71.3 Å². The minimum Gasteiger partial charge on any atom is -0.348 e. The van der Waals surface area contributed by atoms with Crippen LogP contribution < -0.4 is 10.6 Å². The lowest BCUT2D eigenvalue weighted by Crippen LogP contribution is -2.57. The van der Waals surface area contributed by atoms with Crippen LogP contribution in [-0.2, 0) is 0 Å². The molecule has 0 spiro atoms. The van der Waals surface area contributed by atoms with Crippen molar-refractivity contribution >= 4 is 22.8 Å². The van der Waals surface area contributed by atoms with E-state index in [4.69, 9.17) is 0 Å². The molecule has 4 bridgehead atoms. The van der Waals surface area contributed by atoms with Crippen LogP contribution in [0, 0.1) is 25.7 Å². The third kappa shape index (κ3) is 5.29. The highest BCUT2D eigenvalue weighted by Gasteiger charge is 2.36. The Labute approximate surface area is 246 Å². The van der Waals surface area contributed by atoms with Gasteiger partial charge < -0.3 is 20.4 Å². The SMILES string of the molecule is Cc1ccc2c(C(=O)NC3CN4CCC3CC4)cnn2c1.Cc1ccc2c(C(=O)NC3CN4CCC3CC4)cnn2c1. The van der Waals surface area contributed by atoms with Gasteiger partial charge >= 0.3 is 0 Å². The zero-order valence-electron chi connectivity index (χ0n) is 24.5. The number of hydrogen-bond donors (Lipinski definition) is 2. The van der Waals surface area contributed by atoms with Crippen LogP contribution in [-0.4, -0.2) is 92.2 Å². The summed E-state index contributed by atoms with van der Waals surface area (Å²) in [6.07, 6.45) is 12.1. The molecule has 2 atom stereocenters. The second-order valence-corrected chi connectivity index (χ2v) is 12.6. The molecule has 6 fully saturated rings. The first-order valence-corrected chi connectivity index (χ1v) is 15.4. The van der Waals surface area contributed by atoms with Gasteiger partial charge in [0.1, 0.15) is 0 Å². The van der Waals surface area contributed by atoms with Gasteiger partial charge in [-0.3, -0.25) is 9.59 Å². The van der Waals surface area contributed by atoms with Crippen LogP contribution in [0.2, 0.25) is 0 Å². The molecule has 2 N–H and O–H groups in total. The zero-order valence-corrected chi connectivity index (χ0v) is 24.5. The number of fused-ring (bicyclic) bond motifs is 8. The molecule has 220 valence electrons. The van der Waals surface area contributed by atoms with Gasteiger partial charge in [0.2, 0.25) is 0 Å². The number of nitrogens with one attached hydrogen (secondary N) is 2. The molecule has 10 rings (SSSR count). The van der Waals surface area contributed by atoms with Crippen LogP contribution >= 0.6 is 0 Å². The maximum atomic E-state index is 12.6. The lowest BCUT2D eigenvalue weighted by Gasteiger charge is -2.44. The maximum Gasteiger partial charge on any atom is 0.255 e. The molecule has 0 radical (unpaired) electrons. The van der Waals surface area contributed by atoms with Gasteiger partial charge in [0, 0.05) is 37.6 Å².